The molecule has 0 aliphatic carbocycles. The Labute approximate surface area is 392 Å². The van der Waals surface area contributed by atoms with Crippen LogP contribution in [0.2, 0.25) is 0 Å². The lowest BCUT2D eigenvalue weighted by molar-refractivity contribution is -0.295. The maximum Gasteiger partial charge on any atom is 0.598 e. The predicted octanol–water partition coefficient (Wildman–Crippen LogP) is 15.5. The second-order valence-electron chi connectivity index (χ2n) is 19.8. The molecule has 0 saturated heterocycles. The Balaban J connectivity index is 1.75. The molecule has 0 bridgehead atoms. The topological polar surface area (TPSA) is 35.8 Å². The summed E-state index contributed by atoms with van der Waals surface area (Å²) in [5, 5.41) is 0. The van der Waals surface area contributed by atoms with Crippen LogP contribution in [-0.2, 0) is 20.1 Å². The van der Waals surface area contributed by atoms with E-state index >= 15 is 0 Å². The van der Waals surface area contributed by atoms with E-state index < -0.39 is 44.7 Å². The van der Waals surface area contributed by atoms with Gasteiger partial charge in [0.05, 0.1) is 11.4 Å². The van der Waals surface area contributed by atoms with Crippen LogP contribution < -0.4 is 0 Å². The molecule has 1 aliphatic rings. The van der Waals surface area contributed by atoms with Gasteiger partial charge in [-0.15, -0.1) is 0 Å². The van der Waals surface area contributed by atoms with Crippen LogP contribution in [-0.4, -0.2) is 54.9 Å². The molecule has 0 amide bonds. The van der Waals surface area contributed by atoms with E-state index in [1.165, 1.54) is 6.08 Å². The summed E-state index contributed by atoms with van der Waals surface area (Å²) in [4.78, 5) is 5.09. The molecule has 15 heteroatoms. The molecule has 0 saturated carbocycles. The van der Waals surface area contributed by atoms with Gasteiger partial charge >= 0.3 is 31.5 Å². The molecule has 4 aromatic carbocycles. The lowest BCUT2D eigenvalue weighted by atomic mass is 9.86. The summed E-state index contributed by atoms with van der Waals surface area (Å²) in [6, 6.07) is 23.8. The number of hydrogen-bond donors (Lipinski definition) is 0. The molecule has 362 valence electrons. The molecule has 6 rings (SSSR count). The number of aryl methyl sites for hydroxylation is 6. The fraction of sp³-hybridized carbons (Fsp3) is 0.377. The number of halogens is 10. The number of hydrogen-bond acceptors (Lipinski definition) is 3. The number of rotatable bonds is 12. The lowest BCUT2D eigenvalue weighted by Crippen LogP contribution is -2.48. The smallest absolute Gasteiger partial charge is 0.385 e. The van der Waals surface area contributed by atoms with Gasteiger partial charge < -0.3 is 13.8 Å². The number of aliphatic imine (C=N–C) groups is 1. The van der Waals surface area contributed by atoms with Gasteiger partial charge in [0.25, 0.3) is 0 Å². The Morgan fingerprint density at radius 2 is 0.926 bits per heavy atom. The predicted molar refractivity (Wildman–Crippen MR) is 252 cm³/mol. The van der Waals surface area contributed by atoms with Crippen LogP contribution in [0, 0.1) is 41.5 Å². The number of aromatic nitrogens is 1. The third-order valence-electron chi connectivity index (χ3n) is 12.4. The molecule has 0 fully saturated rings. The Morgan fingerprint density at radius 3 is 1.37 bits per heavy atom. The van der Waals surface area contributed by atoms with Crippen molar-refractivity contribution in [2.45, 2.75) is 118 Å². The van der Waals surface area contributed by atoms with E-state index in [-0.39, 0.29) is 33.5 Å². The molecule has 1 aromatic heterocycles. The average molecular weight is 953 g/mol. The van der Waals surface area contributed by atoms with E-state index in [9.17, 15) is 43.9 Å². The highest BCUT2D eigenvalue weighted by Crippen LogP contribution is 2.43. The van der Waals surface area contributed by atoms with Crippen molar-refractivity contribution in [1.29, 1.82) is 0 Å². The van der Waals surface area contributed by atoms with Gasteiger partial charge in [0.1, 0.15) is 13.2 Å². The number of benzene rings is 4. The zero-order valence-corrected chi connectivity index (χ0v) is 40.1. The minimum atomic E-state index is -6.19. The van der Waals surface area contributed by atoms with Crippen molar-refractivity contribution in [3.63, 3.8) is 0 Å². The maximum absolute atomic E-state index is 14.8. The summed E-state index contributed by atoms with van der Waals surface area (Å²) in [5.41, 5.74) is 10.3. The third kappa shape index (κ3) is 10.9. The van der Waals surface area contributed by atoms with Crippen LogP contribution in [0.4, 0.5) is 43.9 Å². The fourth-order valence-electron chi connectivity index (χ4n) is 7.88. The first-order valence-electron chi connectivity index (χ1n) is 22.0. The van der Waals surface area contributed by atoms with Gasteiger partial charge in [0.2, 0.25) is 0 Å². The fourth-order valence-corrected chi connectivity index (χ4v) is 7.88. The molecule has 2 heterocycles. The first kappa shape index (κ1) is 52.0. The molecule has 0 unspecified atom stereocenters. The zero-order chi connectivity index (χ0) is 50.7. The van der Waals surface area contributed by atoms with Crippen LogP contribution in [0.3, 0.4) is 0 Å². The van der Waals surface area contributed by atoms with Crippen molar-refractivity contribution < 1.29 is 53.2 Å². The molecule has 0 radical (unpaired) electrons. The van der Waals surface area contributed by atoms with E-state index in [0.717, 1.165) is 49.0 Å². The SMILES string of the molecule is Cc1cc(C)c(C2=CC(c3ccc(C(C)(C)C)cc3)=N/C2=C\c2c(-c3cc(C)c(C)cc3C)cc(-c3ccc(C(C)(C)C)cc3)n2B(OCC(F)(F)C(F)(F)F)OCC(F)(F)C(F)(F)F)cc1C. The van der Waals surface area contributed by atoms with Crippen molar-refractivity contribution in [2.24, 2.45) is 4.99 Å². The summed E-state index contributed by atoms with van der Waals surface area (Å²) >= 11 is 0. The second-order valence-corrected chi connectivity index (χ2v) is 19.8. The lowest BCUT2D eigenvalue weighted by Gasteiger charge is -2.26. The first-order valence-corrected chi connectivity index (χ1v) is 22.0. The van der Waals surface area contributed by atoms with Gasteiger partial charge in [-0.2, -0.15) is 43.9 Å². The Bertz CT molecular complexity index is 2750. The third-order valence-corrected chi connectivity index (χ3v) is 12.4. The van der Waals surface area contributed by atoms with Crippen molar-refractivity contribution >= 4 is 24.6 Å². The average Bonchev–Trinajstić information content (AvgIpc) is 3.81. The largest absolute Gasteiger partial charge is 0.598 e. The van der Waals surface area contributed by atoms with Crippen molar-refractivity contribution in [1.82, 2.24) is 4.48 Å². The zero-order valence-electron chi connectivity index (χ0n) is 40.1. The summed E-state index contributed by atoms with van der Waals surface area (Å²) in [5.74, 6) is -11.2. The molecule has 0 atom stereocenters. The van der Waals surface area contributed by atoms with Gasteiger partial charge in [-0.1, -0.05) is 114 Å². The number of allylic oxidation sites excluding steroid dienone is 2. The molecule has 4 nitrogen and oxygen atoms in total. The Morgan fingerprint density at radius 1 is 0.515 bits per heavy atom. The normalized spacial score (nSPS) is 14.8. The molecule has 0 N–H and O–H groups in total. The second kappa shape index (κ2) is 18.5. The van der Waals surface area contributed by atoms with Crippen molar-refractivity contribution in [3.05, 3.63) is 152 Å². The molecule has 5 aromatic rings. The summed E-state index contributed by atoms with van der Waals surface area (Å²) in [6.07, 6.45) is -9.01. The van der Waals surface area contributed by atoms with Crippen LogP contribution in [0.25, 0.3) is 34.0 Å². The van der Waals surface area contributed by atoms with E-state index in [0.29, 0.717) is 33.5 Å². The van der Waals surface area contributed by atoms with Crippen molar-refractivity contribution in [2.75, 3.05) is 13.2 Å². The number of alkyl halides is 10. The Hall–Kier alpha value is -5.41. The van der Waals surface area contributed by atoms with E-state index in [4.69, 9.17) is 14.3 Å². The van der Waals surface area contributed by atoms with Gasteiger partial charge in [-0.3, -0.25) is 0 Å². The minimum Gasteiger partial charge on any atom is -0.385 e. The quantitative estimate of drug-likeness (QED) is 0.0923. The van der Waals surface area contributed by atoms with Crippen LogP contribution in [0.5, 0.6) is 0 Å². The highest BCUT2D eigenvalue weighted by molar-refractivity contribution is 6.44. The van der Waals surface area contributed by atoms with Gasteiger partial charge in [-0.05, 0) is 132 Å². The minimum absolute atomic E-state index is 0.0200. The molecule has 1 aliphatic heterocycles. The van der Waals surface area contributed by atoms with Crippen LogP contribution in [0.1, 0.15) is 103 Å². The van der Waals surface area contributed by atoms with Crippen LogP contribution in [0.15, 0.2) is 95.6 Å². The van der Waals surface area contributed by atoms with E-state index in [1.807, 2.05) is 110 Å². The molecular weight excluding hydrogens is 897 g/mol. The maximum atomic E-state index is 14.8. The Kier molecular flexibility index (Phi) is 14.1. The number of nitrogens with zero attached hydrogens (tertiary/aromatic N) is 2. The van der Waals surface area contributed by atoms with E-state index in [2.05, 4.69) is 20.8 Å². The van der Waals surface area contributed by atoms with E-state index in [1.54, 1.807) is 37.3 Å². The summed E-state index contributed by atoms with van der Waals surface area (Å²) in [7, 11) is -2.73. The monoisotopic (exact) mass is 952 g/mol. The molecule has 0 spiro atoms. The standard InChI is InChI=1S/C53H55BF10N2O2/c1-30-21-34(5)40(23-32(30)3)42-25-44(36-13-17-38(18-14-36)48(7,8)9)65-45(42)27-47-43(41-24-33(4)31(2)22-35(41)6)26-46(37-15-19-39(20-16-37)49(10,11)12)66(47)54(67-28-50(55,56)52(59,60)61)68-29-51(57,58)53(62,63)64/h13-27H,28-29H2,1-12H3/b45-27-. The van der Waals surface area contributed by atoms with Gasteiger partial charge in [0, 0.05) is 28.1 Å². The van der Waals surface area contributed by atoms with Gasteiger partial charge in [-0.25, -0.2) is 4.99 Å². The first-order chi connectivity index (χ1) is 31.2. The highest BCUT2D eigenvalue weighted by atomic mass is 19.4. The molecule has 68 heavy (non-hydrogen) atoms. The van der Waals surface area contributed by atoms with Crippen LogP contribution >= 0.6 is 0 Å². The molecular formula is C53H55BF10N2O2. The van der Waals surface area contributed by atoms with Crippen molar-refractivity contribution in [3.8, 4) is 22.4 Å². The highest BCUT2D eigenvalue weighted by Gasteiger charge is 2.60. The summed E-state index contributed by atoms with van der Waals surface area (Å²) < 4.78 is 153. The van der Waals surface area contributed by atoms with Gasteiger partial charge in [0.15, 0.2) is 0 Å². The summed E-state index contributed by atoms with van der Waals surface area (Å²) in [6.45, 7) is 18.4.